The molecule has 0 radical (unpaired) electrons. The van der Waals surface area contributed by atoms with Crippen molar-refractivity contribution < 1.29 is 8.42 Å². The summed E-state index contributed by atoms with van der Waals surface area (Å²) in [6.07, 6.45) is 4.19. The summed E-state index contributed by atoms with van der Waals surface area (Å²) in [5, 5.41) is 0.529. The van der Waals surface area contributed by atoms with E-state index in [1.54, 1.807) is 29.8 Å². The van der Waals surface area contributed by atoms with Crippen LogP contribution in [0.5, 0.6) is 0 Å². The molecule has 9 heteroatoms. The van der Waals surface area contributed by atoms with Crippen LogP contribution in [0.15, 0.2) is 42.1 Å². The predicted octanol–water partition coefficient (Wildman–Crippen LogP) is 0.746. The number of hydrogen-bond donors (Lipinski definition) is 2. The van der Waals surface area contributed by atoms with Crippen LogP contribution < -0.4 is 10.5 Å². The summed E-state index contributed by atoms with van der Waals surface area (Å²) in [6, 6.07) is 4.87. The number of aromatic nitrogens is 4. The summed E-state index contributed by atoms with van der Waals surface area (Å²) < 4.78 is 28.4. The summed E-state index contributed by atoms with van der Waals surface area (Å²) in [6.45, 7) is 0. The number of anilines is 2. The smallest absolute Gasteiger partial charge is 0.280 e. The van der Waals surface area contributed by atoms with Gasteiger partial charge in [-0.05, 0) is 18.2 Å². The average molecular weight is 304 g/mol. The fourth-order valence-corrected chi connectivity index (χ4v) is 2.91. The van der Waals surface area contributed by atoms with Crippen LogP contribution in [0.25, 0.3) is 10.9 Å². The number of benzene rings is 1. The third-order valence-corrected chi connectivity index (χ3v) is 4.14. The highest BCUT2D eigenvalue weighted by atomic mass is 32.2. The molecule has 0 saturated carbocycles. The monoisotopic (exact) mass is 304 g/mol. The fraction of sp³-hybridized carbons (Fsp3) is 0.0833. The van der Waals surface area contributed by atoms with E-state index in [9.17, 15) is 8.42 Å². The number of nitrogen functional groups attached to an aromatic ring is 1. The number of nitrogens with one attached hydrogen (secondary N) is 1. The number of nitrogens with zero attached hydrogens (tertiary/aromatic N) is 4. The van der Waals surface area contributed by atoms with E-state index in [4.69, 9.17) is 5.73 Å². The largest absolute Gasteiger partial charge is 0.383 e. The molecule has 3 aromatic rings. The van der Waals surface area contributed by atoms with Crippen molar-refractivity contribution in [2.24, 2.45) is 7.05 Å². The summed E-state index contributed by atoms with van der Waals surface area (Å²) in [7, 11) is -2.04. The van der Waals surface area contributed by atoms with Crippen molar-refractivity contribution in [3.8, 4) is 0 Å². The molecule has 0 unspecified atom stereocenters. The van der Waals surface area contributed by atoms with E-state index in [2.05, 4.69) is 19.7 Å². The summed E-state index contributed by atoms with van der Waals surface area (Å²) in [4.78, 5) is 11.8. The summed E-state index contributed by atoms with van der Waals surface area (Å²) >= 11 is 0. The zero-order valence-corrected chi connectivity index (χ0v) is 11.9. The number of aryl methyl sites for hydroxylation is 1. The fourth-order valence-electron chi connectivity index (χ4n) is 1.88. The van der Waals surface area contributed by atoms with Gasteiger partial charge in [0, 0.05) is 24.3 Å². The van der Waals surface area contributed by atoms with E-state index in [0.29, 0.717) is 22.4 Å². The molecule has 0 amide bonds. The molecule has 0 bridgehead atoms. The van der Waals surface area contributed by atoms with Gasteiger partial charge in [0.25, 0.3) is 10.0 Å². The number of imidazole rings is 1. The van der Waals surface area contributed by atoms with Crippen LogP contribution >= 0.6 is 0 Å². The third kappa shape index (κ3) is 2.50. The van der Waals surface area contributed by atoms with Crippen molar-refractivity contribution in [1.29, 1.82) is 0 Å². The van der Waals surface area contributed by atoms with Crippen LogP contribution in [-0.4, -0.2) is 27.9 Å². The second-order valence-electron chi connectivity index (χ2n) is 4.47. The van der Waals surface area contributed by atoms with E-state index >= 15 is 0 Å². The Morgan fingerprint density at radius 2 is 2.05 bits per heavy atom. The number of hydrogen-bond acceptors (Lipinski definition) is 6. The van der Waals surface area contributed by atoms with Gasteiger partial charge < -0.3 is 10.3 Å². The Morgan fingerprint density at radius 3 is 2.76 bits per heavy atom. The molecule has 1 aromatic carbocycles. The van der Waals surface area contributed by atoms with Gasteiger partial charge in [0.2, 0.25) is 0 Å². The predicted molar refractivity (Wildman–Crippen MR) is 78.0 cm³/mol. The molecule has 3 rings (SSSR count). The SMILES string of the molecule is Cn1cnc(S(=O)(=O)Nc2ccc3ncnc(N)c3c2)c1. The highest BCUT2D eigenvalue weighted by Crippen LogP contribution is 2.22. The standard InChI is InChI=1S/C12H12N6O2S/c1-18-5-11(16-7-18)21(19,20)17-8-2-3-10-9(4-8)12(13)15-6-14-10/h2-7,17H,1H3,(H2,13,14,15). The van der Waals surface area contributed by atoms with Crippen LogP contribution in [0.3, 0.4) is 0 Å². The first kappa shape index (κ1) is 13.3. The first-order valence-corrected chi connectivity index (χ1v) is 7.45. The molecule has 108 valence electrons. The molecule has 3 N–H and O–H groups in total. The van der Waals surface area contributed by atoms with Gasteiger partial charge in [0.15, 0.2) is 5.03 Å². The Balaban J connectivity index is 2.00. The van der Waals surface area contributed by atoms with Gasteiger partial charge in [0.05, 0.1) is 11.8 Å². The highest BCUT2D eigenvalue weighted by Gasteiger charge is 2.17. The van der Waals surface area contributed by atoms with Gasteiger partial charge in [0.1, 0.15) is 12.1 Å². The molecule has 8 nitrogen and oxygen atoms in total. The molecule has 21 heavy (non-hydrogen) atoms. The van der Waals surface area contributed by atoms with Crippen molar-refractivity contribution in [2.45, 2.75) is 5.03 Å². The van der Waals surface area contributed by atoms with Crippen molar-refractivity contribution in [2.75, 3.05) is 10.5 Å². The lowest BCUT2D eigenvalue weighted by Gasteiger charge is -2.07. The molecule has 0 aliphatic carbocycles. The van der Waals surface area contributed by atoms with Crippen molar-refractivity contribution >= 4 is 32.4 Å². The van der Waals surface area contributed by atoms with E-state index in [0.717, 1.165) is 0 Å². The number of rotatable bonds is 3. The third-order valence-electron chi connectivity index (χ3n) is 2.87. The van der Waals surface area contributed by atoms with Gasteiger partial charge in [-0.25, -0.2) is 15.0 Å². The highest BCUT2D eigenvalue weighted by molar-refractivity contribution is 7.92. The maximum absolute atomic E-state index is 12.2. The zero-order chi connectivity index (χ0) is 15.0. The minimum atomic E-state index is -3.74. The summed E-state index contributed by atoms with van der Waals surface area (Å²) in [5.41, 5.74) is 6.77. The van der Waals surface area contributed by atoms with Gasteiger partial charge in [-0.2, -0.15) is 8.42 Å². The molecule has 0 atom stereocenters. The lowest BCUT2D eigenvalue weighted by atomic mass is 10.2. The molecule has 0 spiro atoms. The zero-order valence-electron chi connectivity index (χ0n) is 11.1. The van der Waals surface area contributed by atoms with Crippen molar-refractivity contribution in [3.63, 3.8) is 0 Å². The minimum absolute atomic E-state index is 0.0534. The van der Waals surface area contributed by atoms with Crippen LogP contribution in [0.4, 0.5) is 11.5 Å². The van der Waals surface area contributed by atoms with E-state index in [1.165, 1.54) is 18.9 Å². The van der Waals surface area contributed by atoms with Crippen LogP contribution in [0, 0.1) is 0 Å². The quantitative estimate of drug-likeness (QED) is 0.737. The Morgan fingerprint density at radius 1 is 1.24 bits per heavy atom. The molecule has 2 heterocycles. The van der Waals surface area contributed by atoms with Crippen LogP contribution in [-0.2, 0) is 17.1 Å². The topological polar surface area (TPSA) is 116 Å². The second-order valence-corrected chi connectivity index (χ2v) is 6.10. The van der Waals surface area contributed by atoms with Gasteiger partial charge in [-0.15, -0.1) is 0 Å². The van der Waals surface area contributed by atoms with Crippen molar-refractivity contribution in [1.82, 2.24) is 19.5 Å². The maximum Gasteiger partial charge on any atom is 0.280 e. The molecular weight excluding hydrogens is 292 g/mol. The maximum atomic E-state index is 12.2. The van der Waals surface area contributed by atoms with Crippen molar-refractivity contribution in [3.05, 3.63) is 37.1 Å². The molecule has 0 saturated heterocycles. The van der Waals surface area contributed by atoms with E-state index in [-0.39, 0.29) is 5.03 Å². The first-order valence-electron chi connectivity index (χ1n) is 5.97. The Hall–Kier alpha value is -2.68. The molecular formula is C12H12N6O2S. The lowest BCUT2D eigenvalue weighted by Crippen LogP contribution is -2.13. The Bertz CT molecular complexity index is 918. The van der Waals surface area contributed by atoms with Gasteiger partial charge >= 0.3 is 0 Å². The van der Waals surface area contributed by atoms with E-state index < -0.39 is 10.0 Å². The minimum Gasteiger partial charge on any atom is -0.383 e. The number of nitrogens with two attached hydrogens (primary N) is 1. The first-order chi connectivity index (χ1) is 9.95. The second kappa shape index (κ2) is 4.70. The van der Waals surface area contributed by atoms with Gasteiger partial charge in [-0.3, -0.25) is 4.72 Å². The Labute approximate surface area is 120 Å². The van der Waals surface area contributed by atoms with Crippen LogP contribution in [0.2, 0.25) is 0 Å². The molecule has 0 fully saturated rings. The summed E-state index contributed by atoms with van der Waals surface area (Å²) in [5.74, 6) is 0.291. The Kier molecular flexibility index (Phi) is 2.98. The average Bonchev–Trinajstić information content (AvgIpc) is 2.87. The molecule has 2 aromatic heterocycles. The lowest BCUT2D eigenvalue weighted by molar-refractivity contribution is 0.598. The normalized spacial score (nSPS) is 11.7. The van der Waals surface area contributed by atoms with Crippen LogP contribution in [0.1, 0.15) is 0 Å². The molecule has 0 aliphatic rings. The van der Waals surface area contributed by atoms with E-state index in [1.807, 2.05) is 0 Å². The molecule has 0 aliphatic heterocycles. The van der Waals surface area contributed by atoms with Gasteiger partial charge in [-0.1, -0.05) is 0 Å². The number of sulfonamides is 1. The number of fused-ring (bicyclic) bond motifs is 1.